The van der Waals surface area contributed by atoms with Gasteiger partial charge in [-0.2, -0.15) is 0 Å². The molecule has 31 aliphatic heterocycles. The Kier molecular flexibility index (Phi) is 25.5. The monoisotopic (exact) mass is 1710 g/mol. The summed E-state index contributed by atoms with van der Waals surface area (Å²) in [6.07, 6.45) is -64.7. The number of halogens is 7. The lowest BCUT2D eigenvalue weighted by Gasteiger charge is -2.50. The van der Waals surface area contributed by atoms with Crippen LogP contribution in [-0.4, -0.2) is 366 Å². The van der Waals surface area contributed by atoms with Gasteiger partial charge in [0, 0.05) is 37.3 Å². The maximum atomic E-state index is 11.7. The minimum Gasteiger partial charge on any atom is -0.387 e. The van der Waals surface area contributed by atoms with Gasteiger partial charge in [-0.3, -0.25) is 0 Å². The molecule has 0 aromatic rings. The molecule has 31 rings (SSSR count). The maximum absolute atomic E-state index is 11.7. The molecule has 0 unspecified atom stereocenters. The van der Waals surface area contributed by atoms with Crippen molar-refractivity contribution in [2.24, 2.45) is 0 Å². The largest absolute Gasteiger partial charge is 0.387 e. The molecule has 31 heterocycles. The van der Waals surface area contributed by atoms with E-state index in [0.29, 0.717) is 0 Å². The van der Waals surface area contributed by atoms with Gasteiger partial charge in [-0.05, 0) is 0 Å². The summed E-state index contributed by atoms with van der Waals surface area (Å²) in [7, 11) is 0. The quantitative estimate of drug-likeness (QED) is 0.105. The summed E-state index contributed by atoms with van der Waals surface area (Å²) in [6, 6.07) is 0. The normalized spacial score (nSPS) is 56.3. The molecule has 0 aromatic heterocycles. The first kappa shape index (κ1) is 71.8. The summed E-state index contributed by atoms with van der Waals surface area (Å²) in [5.41, 5.74) is 0. The number of alkyl halides is 7. The number of hydrogen-bond acceptors (Lipinski definition) is 32. The van der Waals surface area contributed by atoms with Crippen molar-refractivity contribution in [3.05, 3.63) is 0 Å². The first-order valence-corrected chi connectivity index (χ1v) is 35.6. The highest BCUT2D eigenvalue weighted by Gasteiger charge is 2.61. The van der Waals surface area contributed by atoms with E-state index >= 15 is 0 Å². The minimum absolute atomic E-state index is 0.0760. The molecule has 31 saturated heterocycles. The Morgan fingerprint density at radius 2 is 0.368 bits per heavy atom. The zero-order valence-corrected chi connectivity index (χ0v) is 56.1. The van der Waals surface area contributed by atoms with Crippen LogP contribution in [0.15, 0.2) is 0 Å². The number of ether oxygens (including phenoxy) is 17. The Morgan fingerprint density at radius 3 is 0.552 bits per heavy atom. The van der Waals surface area contributed by atoms with E-state index in [9.17, 15) is 76.6 Å². The van der Waals surface area contributed by atoms with Crippen LogP contribution in [0.2, 0.25) is 0 Å². The molecule has 31 fully saturated rings. The Hall–Kier alpha value is 2.08. The number of aliphatic hydroxyl groups excluding tert-OH is 15. The topological polar surface area (TPSA) is 460 Å². The van der Waals surface area contributed by atoms with Crippen LogP contribution in [0.25, 0.3) is 0 Å². The molecule has 0 aromatic carbocycles. The van der Waals surface area contributed by atoms with Gasteiger partial charge in [0.25, 0.3) is 0 Å². The molecular weight excluding hydrogens is 1650 g/mol. The van der Waals surface area contributed by atoms with Crippen molar-refractivity contribution >= 4 is 112 Å². The second kappa shape index (κ2) is 30.9. The van der Waals surface area contributed by atoms with Gasteiger partial charge < -0.3 is 157 Å². The van der Waals surface area contributed by atoms with E-state index in [1.54, 1.807) is 0 Å². The fourth-order valence-electron chi connectivity index (χ4n) is 12.1. The van der Waals surface area contributed by atoms with Crippen LogP contribution in [0.3, 0.4) is 0 Å². The van der Waals surface area contributed by atoms with Crippen molar-refractivity contribution in [2.75, 3.05) is 43.9 Å². The smallest absolute Gasteiger partial charge is 0.187 e. The molecule has 40 atom stereocenters. The van der Waals surface area contributed by atoms with Crippen LogP contribution in [-0.2, 0) is 80.5 Å². The van der Waals surface area contributed by atoms with Gasteiger partial charge in [0.2, 0.25) is 0 Å². The molecule has 0 spiro atoms. The van der Waals surface area contributed by atoms with E-state index in [2.05, 4.69) is 112 Å². The molecule has 504 valence electrons. The zero-order valence-electron chi connectivity index (χ0n) is 45.0. The lowest BCUT2D eigenvalue weighted by atomic mass is 9.95. The lowest BCUT2D eigenvalue weighted by Crippen LogP contribution is -2.68. The van der Waals surface area contributed by atoms with Crippen LogP contribution in [0.5, 0.6) is 0 Å². The van der Waals surface area contributed by atoms with Crippen LogP contribution in [0, 0.1) is 0 Å². The molecule has 31 aliphatic rings. The van der Waals surface area contributed by atoms with E-state index < -0.39 is 246 Å². The molecule has 18 bridgehead atoms. The molecule has 0 radical (unpaired) electrons. The highest BCUT2D eigenvalue weighted by Crippen LogP contribution is 2.42. The van der Waals surface area contributed by atoms with Gasteiger partial charge in [-0.1, -0.05) is 112 Å². The number of aliphatic hydroxyl groups is 15. The third-order valence-corrected chi connectivity index (χ3v) is 21.4. The summed E-state index contributed by atoms with van der Waals surface area (Å²) in [5.74, 6) is 0. The van der Waals surface area contributed by atoms with Gasteiger partial charge in [-0.25, -0.2) is 0 Å². The van der Waals surface area contributed by atoms with E-state index in [1.165, 1.54) is 0 Å². The van der Waals surface area contributed by atoms with Crippen LogP contribution >= 0.6 is 112 Å². The second-order valence-electron chi connectivity index (χ2n) is 22.4. The SMILES string of the molecule is O[C@@H]1[C@@H](O)[C@H]2O[C@H]3[C@H](O)[C@@H](O)[C@@H](O[C@H]4[C@H](O)[C@@H](O)[C@@H](O[C@H]5[C@H](O)[C@@H](O)[C@@H](O[C@H]6[C@@H]7OC[C@H]6O[C@H](O[C@H]6[C@H](O)[C@@H](O)[C@@H](O[C@H]8[C@H](O)[C@@H](O)[C@@H](O[C@H]9[C@H](O)[C@@H](O)[C@@H](O[C@@H]1[C@@H](CBr)O2)O[C@@H]9CBr)O[C@@H]8CBr)O[C@@H]6CBr)[C@@H]7O)O[C@@H]5CBr)O[C@@H]4CBr)O[C@@H]3CBr. The summed E-state index contributed by atoms with van der Waals surface area (Å²) in [4.78, 5) is 0. The third kappa shape index (κ3) is 14.4. The van der Waals surface area contributed by atoms with Crippen molar-refractivity contribution in [1.82, 2.24) is 0 Å². The number of rotatable bonds is 7. The van der Waals surface area contributed by atoms with Crippen molar-refractivity contribution in [3.63, 3.8) is 0 Å². The van der Waals surface area contributed by atoms with Gasteiger partial charge in [-0.15, -0.1) is 0 Å². The predicted molar refractivity (Wildman–Crippen MR) is 305 cm³/mol. The summed E-state index contributed by atoms with van der Waals surface area (Å²) >= 11 is 23.2. The first-order chi connectivity index (χ1) is 41.5. The van der Waals surface area contributed by atoms with Crippen LogP contribution < -0.4 is 0 Å². The van der Waals surface area contributed by atoms with E-state index in [4.69, 9.17) is 80.5 Å². The maximum Gasteiger partial charge on any atom is 0.187 e. The Balaban J connectivity index is 0.899. The standard InChI is InChI=1S/C48H71Br7O32/c49-1-9-32-17(56)24(63)41(72-9)81-33-10(2-50)74-43(26(65)19(33)58)83-35-12(4-52)76-45(28(67)21(35)60)85-37-14(6-54)78-47(30(69)23(37)62)87-39-16-8-71-40(39)31(70)48(79-16)86-38-15(7-55)77-46(29(68)22(38)61)84-36-13(5-53)75-44(27(66)20(36)59)82-34-11(3-51)73-42(80-32)25(64)18(34)57/h9-48,56-70H,1-8H2/t9-,10-,11-,12-,13-,14-,15-,16-,17-,18-,19-,20-,21-,22-,23-,24-,25-,26-,27-,28-,29-,30-,31-,32-,33-,34-,35-,36-,37-,38-,39-,40-,41-,42-,43-,44-,45-,46-,47-,48-/m1/s1. The van der Waals surface area contributed by atoms with Gasteiger partial charge in [0.1, 0.15) is 153 Å². The summed E-state index contributed by atoms with van der Waals surface area (Å²) in [5, 5.41) is 173. The van der Waals surface area contributed by atoms with E-state index in [0.717, 1.165) is 0 Å². The molecule has 0 aliphatic carbocycles. The van der Waals surface area contributed by atoms with E-state index in [-0.39, 0.29) is 43.9 Å². The molecule has 87 heavy (non-hydrogen) atoms. The summed E-state index contributed by atoms with van der Waals surface area (Å²) in [6.45, 7) is -0.181. The fraction of sp³-hybridized carbons (Fsp3) is 1.00. The van der Waals surface area contributed by atoms with Crippen molar-refractivity contribution in [1.29, 1.82) is 0 Å². The molecular formula is C48H71Br7O32. The molecule has 15 N–H and O–H groups in total. The predicted octanol–water partition coefficient (Wildman–Crippen LogP) is -6.54. The Bertz CT molecular complexity index is 2170. The average Bonchev–Trinajstić information content (AvgIpc) is 2.07. The van der Waals surface area contributed by atoms with Crippen molar-refractivity contribution in [3.8, 4) is 0 Å². The average molecular weight is 1720 g/mol. The van der Waals surface area contributed by atoms with Crippen LogP contribution in [0.4, 0.5) is 0 Å². The van der Waals surface area contributed by atoms with Gasteiger partial charge in [0.05, 0.1) is 49.3 Å². The van der Waals surface area contributed by atoms with Crippen molar-refractivity contribution in [2.45, 2.75) is 246 Å². The van der Waals surface area contributed by atoms with Crippen LogP contribution in [0.1, 0.15) is 0 Å². The van der Waals surface area contributed by atoms with Crippen molar-refractivity contribution < 1.29 is 157 Å². The Labute approximate surface area is 554 Å². The highest BCUT2D eigenvalue weighted by molar-refractivity contribution is 9.10. The third-order valence-electron chi connectivity index (χ3n) is 16.9. The molecule has 32 nitrogen and oxygen atoms in total. The fourth-order valence-corrected chi connectivity index (χ4v) is 15.8. The minimum atomic E-state index is -1.98. The Morgan fingerprint density at radius 1 is 0.195 bits per heavy atom. The first-order valence-electron chi connectivity index (χ1n) is 27.7. The highest BCUT2D eigenvalue weighted by atomic mass is 79.9. The molecule has 0 amide bonds. The zero-order chi connectivity index (χ0) is 62.8. The lowest BCUT2D eigenvalue weighted by molar-refractivity contribution is -0.394. The number of hydrogen-bond donors (Lipinski definition) is 15. The molecule has 0 saturated carbocycles. The molecule has 39 heteroatoms. The second-order valence-corrected chi connectivity index (χ2v) is 26.9. The van der Waals surface area contributed by atoms with Gasteiger partial charge >= 0.3 is 0 Å². The van der Waals surface area contributed by atoms with E-state index in [1.807, 2.05) is 0 Å². The van der Waals surface area contributed by atoms with Gasteiger partial charge in [0.15, 0.2) is 50.3 Å². The summed E-state index contributed by atoms with van der Waals surface area (Å²) < 4.78 is 103.